The minimum atomic E-state index is -0.850. The van der Waals surface area contributed by atoms with Gasteiger partial charge >= 0.3 is 0 Å². The number of aliphatic hydroxyl groups is 2. The first kappa shape index (κ1) is 51.5. The normalized spacial score (nSPS) is 14.3. The third kappa shape index (κ3) is 41.5. The molecule has 0 saturated carbocycles. The van der Waals surface area contributed by atoms with E-state index in [1.165, 1.54) is 38.5 Å². The van der Waals surface area contributed by atoms with E-state index in [0.29, 0.717) is 6.42 Å². The molecule has 0 rings (SSSR count). The molecule has 0 aromatic heterocycles. The van der Waals surface area contributed by atoms with Crippen molar-refractivity contribution in [2.24, 2.45) is 0 Å². The van der Waals surface area contributed by atoms with Crippen molar-refractivity contribution in [3.63, 3.8) is 0 Å². The summed E-state index contributed by atoms with van der Waals surface area (Å²) in [5.74, 6) is -0.0924. The van der Waals surface area contributed by atoms with E-state index in [9.17, 15) is 15.0 Å². The maximum Gasteiger partial charge on any atom is 0.220 e. The van der Waals surface area contributed by atoms with Gasteiger partial charge in [-0.05, 0) is 96.3 Å². The van der Waals surface area contributed by atoms with Gasteiger partial charge in [0.05, 0.1) is 18.8 Å². The quantitative estimate of drug-likeness (QED) is 0.0437. The topological polar surface area (TPSA) is 69.6 Å². The summed E-state index contributed by atoms with van der Waals surface area (Å²) in [7, 11) is 0. The van der Waals surface area contributed by atoms with Gasteiger partial charge in [0.25, 0.3) is 0 Å². The molecule has 4 heteroatoms. The smallest absolute Gasteiger partial charge is 0.220 e. The Morgan fingerprint density at radius 1 is 0.455 bits per heavy atom. The molecule has 55 heavy (non-hydrogen) atoms. The summed E-state index contributed by atoms with van der Waals surface area (Å²) in [5, 5.41) is 22.7. The van der Waals surface area contributed by atoms with Crippen molar-refractivity contribution >= 4 is 5.91 Å². The van der Waals surface area contributed by atoms with Gasteiger partial charge in [-0.2, -0.15) is 0 Å². The molecule has 0 aliphatic carbocycles. The lowest BCUT2D eigenvalue weighted by Gasteiger charge is -2.20. The van der Waals surface area contributed by atoms with Crippen LogP contribution >= 0.6 is 0 Å². The van der Waals surface area contributed by atoms with Crippen molar-refractivity contribution in [2.45, 2.75) is 174 Å². The zero-order chi connectivity index (χ0) is 40.0. The lowest BCUT2D eigenvalue weighted by molar-refractivity contribution is -0.123. The van der Waals surface area contributed by atoms with Gasteiger partial charge in [0, 0.05) is 6.42 Å². The summed E-state index contributed by atoms with van der Waals surface area (Å²) in [6.45, 7) is 4.09. The van der Waals surface area contributed by atoms with Gasteiger partial charge in [-0.15, -0.1) is 0 Å². The molecule has 308 valence electrons. The zero-order valence-corrected chi connectivity index (χ0v) is 35.1. The number of allylic oxidation sites excluding steroid dienone is 21. The Balaban J connectivity index is 3.67. The number of unbranched alkanes of at least 4 members (excludes halogenated alkanes) is 10. The molecule has 0 bridgehead atoms. The van der Waals surface area contributed by atoms with Crippen LogP contribution in [0.3, 0.4) is 0 Å². The summed E-state index contributed by atoms with van der Waals surface area (Å²) < 4.78 is 0. The SMILES string of the molecule is CC/C=C\C/C=C\C/C=C\C/C=C\C/C=C\C/C=C\C/C=C\C/C=C\C/C=C\C/C=C\CCCCCCCCC(=O)NC(CO)C(O)/C=C/CCCCCC. The minimum absolute atomic E-state index is 0.0924. The molecule has 2 unspecified atom stereocenters. The summed E-state index contributed by atoms with van der Waals surface area (Å²) in [6, 6.07) is -0.636. The summed E-state index contributed by atoms with van der Waals surface area (Å²) >= 11 is 0. The summed E-state index contributed by atoms with van der Waals surface area (Å²) in [5.41, 5.74) is 0. The van der Waals surface area contributed by atoms with E-state index in [0.717, 1.165) is 103 Å². The third-order valence-corrected chi connectivity index (χ3v) is 8.89. The van der Waals surface area contributed by atoms with Crippen molar-refractivity contribution < 1.29 is 15.0 Å². The molecule has 0 aliphatic rings. The molecule has 0 heterocycles. The largest absolute Gasteiger partial charge is 0.394 e. The molecule has 0 aromatic carbocycles. The minimum Gasteiger partial charge on any atom is -0.394 e. The first-order chi connectivity index (χ1) is 27.2. The molecule has 2 atom stereocenters. The van der Waals surface area contributed by atoms with Crippen LogP contribution in [0.15, 0.2) is 134 Å². The second-order valence-electron chi connectivity index (χ2n) is 14.0. The molecule has 3 N–H and O–H groups in total. The zero-order valence-electron chi connectivity index (χ0n) is 35.1. The van der Waals surface area contributed by atoms with E-state index in [1.54, 1.807) is 6.08 Å². The number of hydrogen-bond donors (Lipinski definition) is 3. The molecule has 1 amide bonds. The van der Waals surface area contributed by atoms with Crippen molar-refractivity contribution in [3.05, 3.63) is 134 Å². The van der Waals surface area contributed by atoms with Crippen LogP contribution in [0.5, 0.6) is 0 Å². The second kappa shape index (κ2) is 44.9. The monoisotopic (exact) mass is 756 g/mol. The highest BCUT2D eigenvalue weighted by atomic mass is 16.3. The Morgan fingerprint density at radius 2 is 0.800 bits per heavy atom. The van der Waals surface area contributed by atoms with Crippen LogP contribution in [0.1, 0.15) is 162 Å². The maximum atomic E-state index is 12.3. The van der Waals surface area contributed by atoms with E-state index in [-0.39, 0.29) is 12.5 Å². The summed E-state index contributed by atoms with van der Waals surface area (Å²) in [4.78, 5) is 12.3. The highest BCUT2D eigenvalue weighted by Crippen LogP contribution is 2.10. The van der Waals surface area contributed by atoms with Crippen LogP contribution in [-0.2, 0) is 4.79 Å². The fourth-order valence-corrected chi connectivity index (χ4v) is 5.56. The predicted molar refractivity (Wildman–Crippen MR) is 243 cm³/mol. The second-order valence-corrected chi connectivity index (χ2v) is 14.0. The van der Waals surface area contributed by atoms with Crippen molar-refractivity contribution in [1.29, 1.82) is 0 Å². The van der Waals surface area contributed by atoms with Gasteiger partial charge in [0.15, 0.2) is 0 Å². The van der Waals surface area contributed by atoms with E-state index >= 15 is 0 Å². The molecule has 0 spiro atoms. The van der Waals surface area contributed by atoms with Crippen LogP contribution in [0.2, 0.25) is 0 Å². The number of nitrogens with one attached hydrogen (secondary N) is 1. The van der Waals surface area contributed by atoms with Crippen molar-refractivity contribution in [3.8, 4) is 0 Å². The van der Waals surface area contributed by atoms with Gasteiger partial charge in [0.2, 0.25) is 5.91 Å². The van der Waals surface area contributed by atoms with E-state index < -0.39 is 12.1 Å². The number of aliphatic hydroxyl groups excluding tert-OH is 2. The first-order valence-electron chi connectivity index (χ1n) is 21.9. The number of amides is 1. The molecule has 0 radical (unpaired) electrons. The average molecular weight is 756 g/mol. The molecule has 0 saturated heterocycles. The van der Waals surface area contributed by atoms with Crippen molar-refractivity contribution in [1.82, 2.24) is 5.32 Å². The van der Waals surface area contributed by atoms with E-state index in [2.05, 4.69) is 141 Å². The Kier molecular flexibility index (Phi) is 42.1. The molecule has 0 aliphatic heterocycles. The Labute approximate surface area is 339 Å². The van der Waals surface area contributed by atoms with Crippen LogP contribution in [-0.4, -0.2) is 34.9 Å². The highest BCUT2D eigenvalue weighted by Gasteiger charge is 2.17. The van der Waals surface area contributed by atoms with Gasteiger partial charge in [0.1, 0.15) is 0 Å². The molecular weight excluding hydrogens is 675 g/mol. The fraction of sp³-hybridized carbons (Fsp3) is 0.549. The molecular formula is C51H81NO3. The number of carbonyl (C=O) groups excluding carboxylic acids is 1. The van der Waals surface area contributed by atoms with Crippen LogP contribution in [0.25, 0.3) is 0 Å². The Bertz CT molecular complexity index is 1180. The van der Waals surface area contributed by atoms with Crippen LogP contribution in [0, 0.1) is 0 Å². The fourth-order valence-electron chi connectivity index (χ4n) is 5.56. The molecule has 4 nitrogen and oxygen atoms in total. The van der Waals surface area contributed by atoms with Crippen molar-refractivity contribution in [2.75, 3.05) is 6.61 Å². The average Bonchev–Trinajstić information content (AvgIpc) is 3.19. The van der Waals surface area contributed by atoms with Gasteiger partial charge in [-0.3, -0.25) is 4.79 Å². The number of hydrogen-bond acceptors (Lipinski definition) is 3. The maximum absolute atomic E-state index is 12.3. The standard InChI is InChI=1S/C51H81NO3/c1-3-5-7-9-11-12-13-14-15-16-17-18-19-20-21-22-23-24-25-26-27-28-29-30-31-32-33-34-35-36-37-38-39-40-41-43-45-47-51(55)52-49(48-53)50(54)46-44-42-10-8-6-4-2/h5,7,11-12,14-15,17-18,20-21,23-24,26-27,29-30,32-33,35-36,44,46,49-50,53-54H,3-4,6,8-10,13,16,19,22,25,28,31,34,37-43,45,47-48H2,1-2H3,(H,52,55)/b7-5-,12-11-,15-14-,18-17-,21-20-,24-23-,27-26-,30-29-,33-32-,36-35-,46-44+. The third-order valence-electron chi connectivity index (χ3n) is 8.89. The van der Waals surface area contributed by atoms with Crippen LogP contribution < -0.4 is 5.32 Å². The van der Waals surface area contributed by atoms with Crippen LogP contribution in [0.4, 0.5) is 0 Å². The molecule has 0 fully saturated rings. The summed E-state index contributed by atoms with van der Waals surface area (Å²) in [6.07, 6.45) is 71.5. The number of carbonyl (C=O) groups is 1. The van der Waals surface area contributed by atoms with E-state index in [4.69, 9.17) is 0 Å². The predicted octanol–water partition coefficient (Wildman–Crippen LogP) is 14.0. The highest BCUT2D eigenvalue weighted by molar-refractivity contribution is 5.76. The first-order valence-corrected chi connectivity index (χ1v) is 21.9. The van der Waals surface area contributed by atoms with Gasteiger partial charge in [-0.25, -0.2) is 0 Å². The van der Waals surface area contributed by atoms with Gasteiger partial charge in [-0.1, -0.05) is 192 Å². The lowest BCUT2D eigenvalue weighted by Crippen LogP contribution is -2.45. The van der Waals surface area contributed by atoms with E-state index in [1.807, 2.05) is 6.08 Å². The Morgan fingerprint density at radius 3 is 1.20 bits per heavy atom. The lowest BCUT2D eigenvalue weighted by atomic mass is 10.1. The van der Waals surface area contributed by atoms with Gasteiger partial charge < -0.3 is 15.5 Å². The number of rotatable bonds is 37. The Hall–Kier alpha value is -3.47. The molecule has 0 aromatic rings.